The van der Waals surface area contributed by atoms with Crippen LogP contribution in [0.2, 0.25) is 10.0 Å². The lowest BCUT2D eigenvalue weighted by molar-refractivity contribution is 0.107. The van der Waals surface area contributed by atoms with E-state index in [4.69, 9.17) is 33.7 Å². The summed E-state index contributed by atoms with van der Waals surface area (Å²) in [5.74, 6) is 0. The second-order valence-corrected chi connectivity index (χ2v) is 4.84. The first-order valence-electron chi connectivity index (χ1n) is 5.51. The van der Waals surface area contributed by atoms with Crippen LogP contribution in [0.25, 0.3) is 0 Å². The number of benzene rings is 2. The second kappa shape index (κ2) is 6.10. The van der Waals surface area contributed by atoms with Crippen molar-refractivity contribution in [2.24, 2.45) is 0 Å². The molecule has 0 aliphatic rings. The Morgan fingerprint density at radius 2 is 1.56 bits per heavy atom. The van der Waals surface area contributed by atoms with Gasteiger partial charge in [0, 0.05) is 21.3 Å². The summed E-state index contributed by atoms with van der Waals surface area (Å²) in [6, 6.07) is 13.0. The summed E-state index contributed by atoms with van der Waals surface area (Å²) in [4.78, 5) is 0. The lowest BCUT2D eigenvalue weighted by Gasteiger charge is -2.07. The van der Waals surface area contributed by atoms with Crippen LogP contribution in [0.4, 0.5) is 5.69 Å². The molecule has 0 fully saturated rings. The van der Waals surface area contributed by atoms with E-state index in [-0.39, 0.29) is 0 Å². The zero-order chi connectivity index (χ0) is 13.0. The zero-order valence-electron chi connectivity index (χ0n) is 9.70. The van der Waals surface area contributed by atoms with Gasteiger partial charge in [0.15, 0.2) is 0 Å². The third kappa shape index (κ3) is 3.64. The average molecular weight is 282 g/mol. The maximum absolute atomic E-state index is 5.84. The van der Waals surface area contributed by atoms with Gasteiger partial charge in [-0.05, 0) is 29.8 Å². The molecule has 0 amide bonds. The molecule has 0 aromatic heterocycles. The normalized spacial score (nSPS) is 10.6. The van der Waals surface area contributed by atoms with Crippen LogP contribution in [0.3, 0.4) is 0 Å². The predicted octanol–water partition coefficient (Wildman–Crippen LogP) is 4.29. The molecule has 2 nitrogen and oxygen atoms in total. The Morgan fingerprint density at radius 3 is 2.22 bits per heavy atom. The maximum Gasteiger partial charge on any atom is 0.0741 e. The van der Waals surface area contributed by atoms with Crippen molar-refractivity contribution in [1.82, 2.24) is 0 Å². The van der Waals surface area contributed by atoms with Gasteiger partial charge in [0.25, 0.3) is 0 Å². The molecule has 0 aliphatic heterocycles. The van der Waals surface area contributed by atoms with Crippen molar-refractivity contribution in [2.75, 3.05) is 5.73 Å². The Hall–Kier alpha value is -1.22. The minimum absolute atomic E-state index is 0.464. The molecule has 2 aromatic carbocycles. The van der Waals surface area contributed by atoms with E-state index in [0.29, 0.717) is 23.9 Å². The van der Waals surface area contributed by atoms with Crippen molar-refractivity contribution < 1.29 is 4.74 Å². The third-order valence-electron chi connectivity index (χ3n) is 2.55. The predicted molar refractivity (Wildman–Crippen MR) is 75.8 cm³/mol. The van der Waals surface area contributed by atoms with Crippen LogP contribution in [0.1, 0.15) is 11.1 Å². The van der Waals surface area contributed by atoms with Crippen molar-refractivity contribution in [3.8, 4) is 0 Å². The lowest BCUT2D eigenvalue weighted by Crippen LogP contribution is -1.98. The lowest BCUT2D eigenvalue weighted by atomic mass is 10.2. The molecular weight excluding hydrogens is 269 g/mol. The topological polar surface area (TPSA) is 35.2 Å². The Labute approximate surface area is 116 Å². The number of ether oxygens (including phenoxy) is 1. The molecule has 4 heteroatoms. The van der Waals surface area contributed by atoms with Crippen molar-refractivity contribution in [1.29, 1.82) is 0 Å². The molecule has 94 valence electrons. The molecule has 0 heterocycles. The van der Waals surface area contributed by atoms with Gasteiger partial charge in [-0.1, -0.05) is 41.4 Å². The molecule has 18 heavy (non-hydrogen) atoms. The van der Waals surface area contributed by atoms with E-state index in [0.717, 1.165) is 16.1 Å². The second-order valence-electron chi connectivity index (χ2n) is 3.96. The van der Waals surface area contributed by atoms with Crippen LogP contribution in [0.15, 0.2) is 42.5 Å². The van der Waals surface area contributed by atoms with Gasteiger partial charge in [-0.25, -0.2) is 0 Å². The summed E-state index contributed by atoms with van der Waals surface area (Å²) in [6.07, 6.45) is 0. The van der Waals surface area contributed by atoms with Gasteiger partial charge in [-0.15, -0.1) is 0 Å². The maximum atomic E-state index is 5.84. The third-order valence-corrected chi connectivity index (χ3v) is 3.03. The van der Waals surface area contributed by atoms with E-state index >= 15 is 0 Å². The monoisotopic (exact) mass is 281 g/mol. The number of nitrogens with two attached hydrogens (primary N) is 1. The van der Waals surface area contributed by atoms with Crippen molar-refractivity contribution in [3.05, 3.63) is 63.6 Å². The quantitative estimate of drug-likeness (QED) is 0.849. The highest BCUT2D eigenvalue weighted by atomic mass is 35.5. The smallest absolute Gasteiger partial charge is 0.0741 e. The molecule has 0 bridgehead atoms. The molecule has 0 saturated carbocycles. The summed E-state index contributed by atoms with van der Waals surface area (Å²) < 4.78 is 5.60. The standard InChI is InChI=1S/C14H13Cl2NO/c15-12-4-1-10(2-5-12)8-18-9-11-3-6-13(16)7-14(11)17/h1-7H,8-9,17H2. The highest BCUT2D eigenvalue weighted by Crippen LogP contribution is 2.19. The fourth-order valence-electron chi connectivity index (χ4n) is 1.56. The van der Waals surface area contributed by atoms with Gasteiger partial charge < -0.3 is 10.5 Å². The Balaban J connectivity index is 1.90. The van der Waals surface area contributed by atoms with Gasteiger partial charge in [0.2, 0.25) is 0 Å². The molecule has 2 aromatic rings. The van der Waals surface area contributed by atoms with Gasteiger partial charge in [-0.3, -0.25) is 0 Å². The van der Waals surface area contributed by atoms with Gasteiger partial charge in [-0.2, -0.15) is 0 Å². The van der Waals surface area contributed by atoms with E-state index in [1.165, 1.54) is 0 Å². The Morgan fingerprint density at radius 1 is 0.889 bits per heavy atom. The van der Waals surface area contributed by atoms with Crippen LogP contribution in [-0.2, 0) is 18.0 Å². The summed E-state index contributed by atoms with van der Waals surface area (Å²) in [6.45, 7) is 0.991. The fourth-order valence-corrected chi connectivity index (χ4v) is 1.86. The van der Waals surface area contributed by atoms with Crippen LogP contribution in [0, 0.1) is 0 Å². The van der Waals surface area contributed by atoms with Crippen LogP contribution in [0.5, 0.6) is 0 Å². The first kappa shape index (κ1) is 13.2. The van der Waals surface area contributed by atoms with Crippen LogP contribution >= 0.6 is 23.2 Å². The fraction of sp³-hybridized carbons (Fsp3) is 0.143. The molecular formula is C14H13Cl2NO. The number of hydrogen-bond donors (Lipinski definition) is 1. The number of nitrogen functional groups attached to an aromatic ring is 1. The molecule has 2 N–H and O–H groups in total. The average Bonchev–Trinajstić information content (AvgIpc) is 2.34. The van der Waals surface area contributed by atoms with Gasteiger partial charge >= 0.3 is 0 Å². The molecule has 0 atom stereocenters. The van der Waals surface area contributed by atoms with E-state index in [9.17, 15) is 0 Å². The van der Waals surface area contributed by atoms with Crippen molar-refractivity contribution >= 4 is 28.9 Å². The molecule has 0 radical (unpaired) electrons. The van der Waals surface area contributed by atoms with E-state index in [1.807, 2.05) is 30.3 Å². The number of hydrogen-bond acceptors (Lipinski definition) is 2. The first-order valence-corrected chi connectivity index (χ1v) is 6.27. The molecule has 0 saturated heterocycles. The minimum atomic E-state index is 0.464. The largest absolute Gasteiger partial charge is 0.398 e. The summed E-state index contributed by atoms with van der Waals surface area (Å²) in [7, 11) is 0. The Bertz CT molecular complexity index is 526. The van der Waals surface area contributed by atoms with E-state index in [2.05, 4.69) is 0 Å². The van der Waals surface area contributed by atoms with Crippen LogP contribution < -0.4 is 5.73 Å². The van der Waals surface area contributed by atoms with E-state index < -0.39 is 0 Å². The summed E-state index contributed by atoms with van der Waals surface area (Å²) >= 11 is 11.6. The minimum Gasteiger partial charge on any atom is -0.398 e. The first-order chi connectivity index (χ1) is 8.65. The number of anilines is 1. The number of halogens is 2. The molecule has 0 aliphatic carbocycles. The zero-order valence-corrected chi connectivity index (χ0v) is 11.2. The Kier molecular flexibility index (Phi) is 4.48. The number of rotatable bonds is 4. The summed E-state index contributed by atoms with van der Waals surface area (Å²) in [5, 5.41) is 1.36. The SMILES string of the molecule is Nc1cc(Cl)ccc1COCc1ccc(Cl)cc1. The molecule has 0 unspecified atom stereocenters. The van der Waals surface area contributed by atoms with Gasteiger partial charge in [0.05, 0.1) is 13.2 Å². The van der Waals surface area contributed by atoms with Gasteiger partial charge in [0.1, 0.15) is 0 Å². The highest BCUT2D eigenvalue weighted by molar-refractivity contribution is 6.31. The van der Waals surface area contributed by atoms with Crippen molar-refractivity contribution in [2.45, 2.75) is 13.2 Å². The highest BCUT2D eigenvalue weighted by Gasteiger charge is 2.01. The van der Waals surface area contributed by atoms with Crippen LogP contribution in [-0.4, -0.2) is 0 Å². The summed E-state index contributed by atoms with van der Waals surface area (Å²) in [5.41, 5.74) is 8.50. The molecule has 2 rings (SSSR count). The van der Waals surface area contributed by atoms with Crippen molar-refractivity contribution in [3.63, 3.8) is 0 Å². The molecule has 0 spiro atoms. The van der Waals surface area contributed by atoms with E-state index in [1.54, 1.807) is 12.1 Å².